The van der Waals surface area contributed by atoms with Crippen LogP contribution in [0.4, 0.5) is 13.2 Å². The predicted molar refractivity (Wildman–Crippen MR) is 95.6 cm³/mol. The second-order valence-electron chi connectivity index (χ2n) is 6.01. The molecule has 0 amide bonds. The van der Waals surface area contributed by atoms with Crippen molar-refractivity contribution in [2.24, 2.45) is 27.4 Å². The number of alkyl halides is 3. The summed E-state index contributed by atoms with van der Waals surface area (Å²) in [6.45, 7) is 4.02. The fourth-order valence-electron chi connectivity index (χ4n) is 2.43. The van der Waals surface area contributed by atoms with Gasteiger partial charge in [-0.05, 0) is 36.5 Å². The minimum absolute atomic E-state index is 0. The highest BCUT2D eigenvalue weighted by molar-refractivity contribution is 5.93. The van der Waals surface area contributed by atoms with E-state index >= 15 is 0 Å². The van der Waals surface area contributed by atoms with Gasteiger partial charge in [-0.1, -0.05) is 19.1 Å². The van der Waals surface area contributed by atoms with Crippen molar-refractivity contribution >= 4 is 24.3 Å². The van der Waals surface area contributed by atoms with Crippen molar-refractivity contribution in [3.8, 4) is 0 Å². The molecule has 25 heavy (non-hydrogen) atoms. The molecule has 1 aliphatic rings. The number of guanidine groups is 2. The quantitative estimate of drug-likeness (QED) is 0.614. The summed E-state index contributed by atoms with van der Waals surface area (Å²) in [6.07, 6.45) is -2.23. The van der Waals surface area contributed by atoms with Crippen molar-refractivity contribution in [2.75, 3.05) is 13.1 Å². The van der Waals surface area contributed by atoms with E-state index < -0.39 is 11.7 Å². The summed E-state index contributed by atoms with van der Waals surface area (Å²) in [6, 6.07) is 4.79. The lowest BCUT2D eigenvalue weighted by Gasteiger charge is -2.30. The second kappa shape index (κ2) is 8.94. The summed E-state index contributed by atoms with van der Waals surface area (Å²) in [5, 5.41) is 0. The maximum Gasteiger partial charge on any atom is 0.416 e. The van der Waals surface area contributed by atoms with Gasteiger partial charge in [-0.25, -0.2) is 4.99 Å². The maximum atomic E-state index is 12.5. The summed E-state index contributed by atoms with van der Waals surface area (Å²) in [5.41, 5.74) is 11.6. The molecule has 0 saturated carbocycles. The van der Waals surface area contributed by atoms with Crippen LogP contribution in [-0.2, 0) is 12.7 Å². The summed E-state index contributed by atoms with van der Waals surface area (Å²) in [5.74, 6) is 1.03. The second-order valence-corrected chi connectivity index (χ2v) is 6.01. The van der Waals surface area contributed by atoms with Gasteiger partial charge in [-0.2, -0.15) is 18.2 Å². The van der Waals surface area contributed by atoms with E-state index in [0.717, 1.165) is 38.1 Å². The Morgan fingerprint density at radius 3 is 2.24 bits per heavy atom. The fourth-order valence-corrected chi connectivity index (χ4v) is 2.43. The van der Waals surface area contributed by atoms with E-state index in [1.165, 1.54) is 12.1 Å². The molecule has 1 saturated heterocycles. The zero-order chi connectivity index (χ0) is 17.7. The lowest BCUT2D eigenvalue weighted by molar-refractivity contribution is -0.137. The minimum atomic E-state index is -4.34. The van der Waals surface area contributed by atoms with E-state index in [1.54, 1.807) is 0 Å². The Bertz CT molecular complexity index is 605. The Morgan fingerprint density at radius 2 is 1.72 bits per heavy atom. The van der Waals surface area contributed by atoms with E-state index in [2.05, 4.69) is 16.9 Å². The first-order valence-corrected chi connectivity index (χ1v) is 7.81. The van der Waals surface area contributed by atoms with Crippen LogP contribution in [0.2, 0.25) is 0 Å². The molecule has 1 fully saturated rings. The van der Waals surface area contributed by atoms with Crippen LogP contribution in [0.15, 0.2) is 34.3 Å². The molecule has 1 aliphatic heterocycles. The van der Waals surface area contributed by atoms with Crippen molar-refractivity contribution in [3.63, 3.8) is 0 Å². The molecule has 1 aromatic rings. The molecule has 1 heterocycles. The Kier molecular flexibility index (Phi) is 7.54. The van der Waals surface area contributed by atoms with Crippen molar-refractivity contribution < 1.29 is 13.2 Å². The number of hydrogen-bond donors (Lipinski definition) is 2. The first-order chi connectivity index (χ1) is 11.3. The Balaban J connectivity index is 0.00000312. The molecule has 0 radical (unpaired) electrons. The molecule has 0 bridgehead atoms. The van der Waals surface area contributed by atoms with Gasteiger partial charge in [-0.15, -0.1) is 12.4 Å². The minimum Gasteiger partial charge on any atom is -0.369 e. The zero-order valence-electron chi connectivity index (χ0n) is 14.0. The van der Waals surface area contributed by atoms with Gasteiger partial charge in [0.05, 0.1) is 12.1 Å². The van der Waals surface area contributed by atoms with Gasteiger partial charge in [0.2, 0.25) is 5.96 Å². The highest BCUT2D eigenvalue weighted by Gasteiger charge is 2.29. The van der Waals surface area contributed by atoms with Crippen molar-refractivity contribution in [1.82, 2.24) is 4.90 Å². The monoisotopic (exact) mass is 377 g/mol. The van der Waals surface area contributed by atoms with Gasteiger partial charge in [-0.3, -0.25) is 0 Å². The molecule has 0 atom stereocenters. The summed E-state index contributed by atoms with van der Waals surface area (Å²) < 4.78 is 37.5. The van der Waals surface area contributed by atoms with Gasteiger partial charge < -0.3 is 16.4 Å². The summed E-state index contributed by atoms with van der Waals surface area (Å²) in [7, 11) is 0. The third kappa shape index (κ3) is 6.45. The molecular formula is C16H23ClF3N5. The maximum absolute atomic E-state index is 12.5. The SMILES string of the molecule is CC1CCN(C(N)=NC(N)=NCc2ccc(C(F)(F)F)cc2)CC1.Cl. The van der Waals surface area contributed by atoms with Gasteiger partial charge in [0.25, 0.3) is 0 Å². The van der Waals surface area contributed by atoms with Gasteiger partial charge >= 0.3 is 6.18 Å². The first-order valence-electron chi connectivity index (χ1n) is 7.81. The van der Waals surface area contributed by atoms with E-state index in [9.17, 15) is 13.2 Å². The van der Waals surface area contributed by atoms with E-state index in [0.29, 0.717) is 17.4 Å². The number of hydrogen-bond acceptors (Lipinski definition) is 1. The molecule has 2 rings (SSSR count). The van der Waals surface area contributed by atoms with Gasteiger partial charge in [0.15, 0.2) is 5.96 Å². The van der Waals surface area contributed by atoms with Crippen LogP contribution in [-0.4, -0.2) is 29.9 Å². The van der Waals surface area contributed by atoms with Crippen LogP contribution in [0.25, 0.3) is 0 Å². The number of rotatable bonds is 2. The Morgan fingerprint density at radius 1 is 1.16 bits per heavy atom. The van der Waals surface area contributed by atoms with Crippen molar-refractivity contribution in [3.05, 3.63) is 35.4 Å². The van der Waals surface area contributed by atoms with Crippen LogP contribution >= 0.6 is 12.4 Å². The topological polar surface area (TPSA) is 80.0 Å². The summed E-state index contributed by atoms with van der Waals surface area (Å²) >= 11 is 0. The molecule has 0 spiro atoms. The molecule has 4 N–H and O–H groups in total. The number of likely N-dealkylation sites (tertiary alicyclic amines) is 1. The van der Waals surface area contributed by atoms with Crippen molar-refractivity contribution in [2.45, 2.75) is 32.5 Å². The van der Waals surface area contributed by atoms with E-state index in [-0.39, 0.29) is 24.9 Å². The van der Waals surface area contributed by atoms with Gasteiger partial charge in [0, 0.05) is 13.1 Å². The number of halogens is 4. The highest BCUT2D eigenvalue weighted by Crippen LogP contribution is 2.29. The number of aliphatic imine (C=N–C) groups is 2. The average Bonchev–Trinajstić information content (AvgIpc) is 2.53. The summed E-state index contributed by atoms with van der Waals surface area (Å²) in [4.78, 5) is 10.1. The Hall–Kier alpha value is -1.96. The standard InChI is InChI=1S/C16H22F3N5.ClH/c1-11-6-8-24(9-7-11)15(21)23-14(20)22-10-12-2-4-13(5-3-12)16(17,18)19;/h2-5,11H,6-10H2,1H3,(H4,20,21,22,23);1H. The number of nitrogens with two attached hydrogens (primary N) is 2. The van der Waals surface area contributed by atoms with Crippen LogP contribution in [0.3, 0.4) is 0 Å². The molecule has 0 aliphatic carbocycles. The van der Waals surface area contributed by atoms with Gasteiger partial charge in [0.1, 0.15) is 0 Å². The van der Waals surface area contributed by atoms with E-state index in [1.807, 2.05) is 4.90 Å². The third-order valence-corrected chi connectivity index (χ3v) is 4.04. The lowest BCUT2D eigenvalue weighted by atomic mass is 10.00. The molecular weight excluding hydrogens is 355 g/mol. The van der Waals surface area contributed by atoms with Crippen LogP contribution in [0.1, 0.15) is 30.9 Å². The fraction of sp³-hybridized carbons (Fsp3) is 0.500. The van der Waals surface area contributed by atoms with Crippen molar-refractivity contribution in [1.29, 1.82) is 0 Å². The number of piperidine rings is 1. The van der Waals surface area contributed by atoms with Crippen LogP contribution in [0.5, 0.6) is 0 Å². The molecule has 5 nitrogen and oxygen atoms in total. The number of nitrogens with zero attached hydrogens (tertiary/aromatic N) is 3. The van der Waals surface area contributed by atoms with Crippen LogP contribution < -0.4 is 11.5 Å². The largest absolute Gasteiger partial charge is 0.416 e. The highest BCUT2D eigenvalue weighted by atomic mass is 35.5. The van der Waals surface area contributed by atoms with E-state index in [4.69, 9.17) is 11.5 Å². The molecule has 0 unspecified atom stereocenters. The smallest absolute Gasteiger partial charge is 0.369 e. The lowest BCUT2D eigenvalue weighted by Crippen LogP contribution is -2.43. The average molecular weight is 378 g/mol. The van der Waals surface area contributed by atoms with Crippen LogP contribution in [0, 0.1) is 5.92 Å². The normalized spacial score (nSPS) is 17.4. The molecule has 9 heteroatoms. The third-order valence-electron chi connectivity index (χ3n) is 4.04. The number of benzene rings is 1. The Labute approximate surface area is 151 Å². The molecule has 0 aromatic heterocycles. The molecule has 140 valence electrons. The first kappa shape index (κ1) is 21.1. The molecule has 1 aromatic carbocycles. The zero-order valence-corrected chi connectivity index (χ0v) is 14.8. The predicted octanol–water partition coefficient (Wildman–Crippen LogP) is 2.99.